The molecule has 0 bridgehead atoms. The summed E-state index contributed by atoms with van der Waals surface area (Å²) in [6.45, 7) is 17.4. The second kappa shape index (κ2) is 8.24. The van der Waals surface area contributed by atoms with Crippen molar-refractivity contribution in [1.82, 2.24) is 0 Å². The van der Waals surface area contributed by atoms with Gasteiger partial charge in [-0.05, 0) is 123 Å². The summed E-state index contributed by atoms with van der Waals surface area (Å²) in [5, 5.41) is 10.3. The Balaban J connectivity index is 1.52. The van der Waals surface area contributed by atoms with E-state index in [0.717, 1.165) is 54.3 Å². The molecule has 0 aromatic carbocycles. The van der Waals surface area contributed by atoms with E-state index < -0.39 is 0 Å². The van der Waals surface area contributed by atoms with Crippen LogP contribution >= 0.6 is 0 Å². The van der Waals surface area contributed by atoms with Crippen molar-refractivity contribution in [2.24, 2.45) is 58.2 Å². The summed E-state index contributed by atoms with van der Waals surface area (Å²) in [7, 11) is 0. The Kier molecular flexibility index (Phi) is 6.28. The Morgan fingerprint density at radius 1 is 0.867 bits per heavy atom. The molecule has 4 fully saturated rings. The van der Waals surface area contributed by atoms with E-state index in [1.165, 1.54) is 44.9 Å². The van der Waals surface area contributed by atoms with Crippen LogP contribution in [0.5, 0.6) is 0 Å². The molecule has 4 aliphatic rings. The zero-order chi connectivity index (χ0) is 21.8. The van der Waals surface area contributed by atoms with E-state index in [0.29, 0.717) is 16.7 Å². The smallest absolute Gasteiger partial charge is 0.0543 e. The van der Waals surface area contributed by atoms with Crippen molar-refractivity contribution < 1.29 is 5.11 Å². The van der Waals surface area contributed by atoms with Gasteiger partial charge in [-0.15, -0.1) is 0 Å². The summed E-state index contributed by atoms with van der Waals surface area (Å²) in [5.74, 6) is 6.64. The van der Waals surface area contributed by atoms with Gasteiger partial charge >= 0.3 is 0 Å². The van der Waals surface area contributed by atoms with Gasteiger partial charge in [0.15, 0.2) is 0 Å². The summed E-state index contributed by atoms with van der Waals surface area (Å²) in [4.78, 5) is 0. The van der Waals surface area contributed by atoms with E-state index in [-0.39, 0.29) is 6.10 Å². The molecular formula is C29H50O. The molecule has 1 N–H and O–H groups in total. The normalized spacial score (nSPS) is 48.6. The van der Waals surface area contributed by atoms with E-state index in [1.54, 1.807) is 5.57 Å². The van der Waals surface area contributed by atoms with Crippen LogP contribution in [0.4, 0.5) is 0 Å². The third kappa shape index (κ3) is 3.64. The number of allylic oxidation sites excluding steroid dienone is 2. The van der Waals surface area contributed by atoms with Gasteiger partial charge in [0, 0.05) is 0 Å². The quantitative estimate of drug-likeness (QED) is 0.464. The van der Waals surface area contributed by atoms with Gasteiger partial charge in [-0.1, -0.05) is 53.2 Å². The van der Waals surface area contributed by atoms with Crippen LogP contribution < -0.4 is 0 Å². The minimum absolute atomic E-state index is 0.0200. The van der Waals surface area contributed by atoms with Gasteiger partial charge in [0.1, 0.15) is 0 Å². The number of aliphatic hydroxyl groups is 1. The average molecular weight is 415 g/mol. The molecule has 0 spiro atoms. The molecule has 1 heteroatoms. The predicted octanol–water partition coefficient (Wildman–Crippen LogP) is 7.88. The third-order valence-corrected chi connectivity index (χ3v) is 11.6. The zero-order valence-corrected chi connectivity index (χ0v) is 21.1. The molecule has 4 rings (SSSR count). The minimum atomic E-state index is -0.0200. The lowest BCUT2D eigenvalue weighted by Gasteiger charge is -2.61. The molecule has 0 aromatic heterocycles. The Labute approximate surface area is 187 Å². The molecule has 0 radical (unpaired) electrons. The lowest BCUT2D eigenvalue weighted by molar-refractivity contribution is -0.128. The average Bonchev–Trinajstić information content (AvgIpc) is 3.05. The summed E-state index contributed by atoms with van der Waals surface area (Å²) >= 11 is 0. The Morgan fingerprint density at radius 3 is 2.23 bits per heavy atom. The van der Waals surface area contributed by atoms with E-state index in [2.05, 4.69) is 54.5 Å². The SMILES string of the molecule is C/C(=C\C(C)[C@H]1CCC2C3CCC4C[C@@H](O)CC[C@]4(C)C3CC[C@@]21C)C(C)C(C)C. The number of aliphatic hydroxyl groups excluding tert-OH is 1. The molecule has 30 heavy (non-hydrogen) atoms. The van der Waals surface area contributed by atoms with Crippen molar-refractivity contribution in [1.29, 1.82) is 0 Å². The Hall–Kier alpha value is -0.300. The highest BCUT2D eigenvalue weighted by Crippen LogP contribution is 2.68. The molecule has 10 atom stereocenters. The number of fused-ring (bicyclic) bond motifs is 5. The lowest BCUT2D eigenvalue weighted by Crippen LogP contribution is -2.54. The molecule has 1 nitrogen and oxygen atoms in total. The first-order chi connectivity index (χ1) is 14.1. The van der Waals surface area contributed by atoms with E-state index in [4.69, 9.17) is 0 Å². The molecule has 0 amide bonds. The maximum absolute atomic E-state index is 10.3. The van der Waals surface area contributed by atoms with Crippen LogP contribution in [0.2, 0.25) is 0 Å². The van der Waals surface area contributed by atoms with Gasteiger partial charge < -0.3 is 5.11 Å². The monoisotopic (exact) mass is 414 g/mol. The summed E-state index contributed by atoms with van der Waals surface area (Å²) < 4.78 is 0. The molecule has 0 aliphatic heterocycles. The predicted molar refractivity (Wildman–Crippen MR) is 128 cm³/mol. The van der Waals surface area contributed by atoms with Gasteiger partial charge in [-0.25, -0.2) is 0 Å². The van der Waals surface area contributed by atoms with Crippen molar-refractivity contribution in [2.75, 3.05) is 0 Å². The first-order valence-electron chi connectivity index (χ1n) is 13.4. The van der Waals surface area contributed by atoms with Crippen molar-refractivity contribution in [3.05, 3.63) is 11.6 Å². The van der Waals surface area contributed by atoms with Crippen LogP contribution in [-0.2, 0) is 0 Å². The minimum Gasteiger partial charge on any atom is -0.393 e. The molecule has 4 saturated carbocycles. The number of hydrogen-bond donors (Lipinski definition) is 1. The van der Waals surface area contributed by atoms with Gasteiger partial charge in [0.2, 0.25) is 0 Å². The molecule has 0 saturated heterocycles. The van der Waals surface area contributed by atoms with Crippen LogP contribution in [0, 0.1) is 58.2 Å². The summed E-state index contributed by atoms with van der Waals surface area (Å²) in [5.41, 5.74) is 2.68. The van der Waals surface area contributed by atoms with Crippen LogP contribution in [-0.4, -0.2) is 11.2 Å². The fourth-order valence-corrected chi connectivity index (χ4v) is 9.35. The van der Waals surface area contributed by atoms with Crippen LogP contribution in [0.3, 0.4) is 0 Å². The van der Waals surface area contributed by atoms with Gasteiger partial charge in [-0.2, -0.15) is 0 Å². The van der Waals surface area contributed by atoms with Crippen molar-refractivity contribution in [2.45, 2.75) is 112 Å². The molecule has 0 aromatic rings. The highest BCUT2D eigenvalue weighted by Gasteiger charge is 2.60. The fraction of sp³-hybridized carbons (Fsp3) is 0.931. The van der Waals surface area contributed by atoms with Gasteiger partial charge in [-0.3, -0.25) is 0 Å². The number of hydrogen-bond acceptors (Lipinski definition) is 1. The molecule has 6 unspecified atom stereocenters. The number of rotatable bonds is 4. The lowest BCUT2D eigenvalue weighted by atomic mass is 9.44. The summed E-state index contributed by atoms with van der Waals surface area (Å²) in [6, 6.07) is 0. The van der Waals surface area contributed by atoms with Crippen molar-refractivity contribution in [3.63, 3.8) is 0 Å². The van der Waals surface area contributed by atoms with E-state index in [1.807, 2.05) is 0 Å². The standard InChI is InChI=1S/C29H50O/c1-18(2)21(5)19(3)16-20(4)25-10-11-26-24-9-8-22-17-23(30)12-14-28(22,6)27(24)13-15-29(25,26)7/h16,18,20-27,30H,8-15,17H2,1-7H3/b19-16+/t20?,21?,22?,23-,24?,25+,26?,27?,28-,29+/m0/s1. The van der Waals surface area contributed by atoms with E-state index >= 15 is 0 Å². The highest BCUT2D eigenvalue weighted by atomic mass is 16.3. The maximum atomic E-state index is 10.3. The molecular weight excluding hydrogens is 364 g/mol. The van der Waals surface area contributed by atoms with Gasteiger partial charge in [0.25, 0.3) is 0 Å². The first kappa shape index (κ1) is 22.9. The summed E-state index contributed by atoms with van der Waals surface area (Å²) in [6.07, 6.45) is 14.7. The van der Waals surface area contributed by atoms with Crippen LogP contribution in [0.25, 0.3) is 0 Å². The van der Waals surface area contributed by atoms with Gasteiger partial charge in [0.05, 0.1) is 6.10 Å². The van der Waals surface area contributed by atoms with E-state index in [9.17, 15) is 5.11 Å². The first-order valence-corrected chi connectivity index (χ1v) is 13.4. The Bertz CT molecular complexity index is 649. The Morgan fingerprint density at radius 2 is 1.53 bits per heavy atom. The second-order valence-corrected chi connectivity index (χ2v) is 13.1. The van der Waals surface area contributed by atoms with Crippen molar-refractivity contribution in [3.8, 4) is 0 Å². The molecule has 0 heterocycles. The fourth-order valence-electron chi connectivity index (χ4n) is 9.35. The topological polar surface area (TPSA) is 20.2 Å². The third-order valence-electron chi connectivity index (χ3n) is 11.6. The molecule has 4 aliphatic carbocycles. The second-order valence-electron chi connectivity index (χ2n) is 13.1. The highest BCUT2D eigenvalue weighted by molar-refractivity contribution is 5.13. The van der Waals surface area contributed by atoms with Crippen molar-refractivity contribution >= 4 is 0 Å². The zero-order valence-electron chi connectivity index (χ0n) is 21.1. The molecule has 172 valence electrons. The maximum Gasteiger partial charge on any atom is 0.0543 e. The van der Waals surface area contributed by atoms with Crippen LogP contribution in [0.1, 0.15) is 106 Å². The van der Waals surface area contributed by atoms with Crippen LogP contribution in [0.15, 0.2) is 11.6 Å². The largest absolute Gasteiger partial charge is 0.393 e.